The lowest BCUT2D eigenvalue weighted by atomic mass is 9.94. The van der Waals surface area contributed by atoms with Crippen LogP contribution in [0, 0.1) is 5.92 Å². The maximum atomic E-state index is 12.1. The minimum absolute atomic E-state index is 0.0633. The number of aromatic nitrogens is 4. The molecule has 0 aromatic carbocycles. The molecular formula is C23H28N6O3. The van der Waals surface area contributed by atoms with Crippen molar-refractivity contribution in [3.05, 3.63) is 36.2 Å². The molecule has 2 aliphatic heterocycles. The fourth-order valence-electron chi connectivity index (χ4n) is 4.87. The molecule has 168 valence electrons. The summed E-state index contributed by atoms with van der Waals surface area (Å²) < 4.78 is 15.6. The van der Waals surface area contributed by atoms with Crippen molar-refractivity contribution in [3.8, 4) is 11.3 Å². The van der Waals surface area contributed by atoms with E-state index in [1.54, 1.807) is 4.52 Å². The van der Waals surface area contributed by atoms with Crippen molar-refractivity contribution in [1.29, 1.82) is 0 Å². The topological polar surface area (TPSA) is 94.7 Å². The number of rotatable bonds is 6. The molecule has 1 saturated carbocycles. The van der Waals surface area contributed by atoms with Crippen LogP contribution in [0.4, 0.5) is 5.82 Å². The highest BCUT2D eigenvalue weighted by Gasteiger charge is 2.32. The average Bonchev–Trinajstić information content (AvgIpc) is 3.46. The molecule has 3 aromatic rings. The summed E-state index contributed by atoms with van der Waals surface area (Å²) in [5.41, 5.74) is 4.08. The van der Waals surface area contributed by atoms with Gasteiger partial charge >= 0.3 is 0 Å². The van der Waals surface area contributed by atoms with Crippen molar-refractivity contribution in [1.82, 2.24) is 24.7 Å². The van der Waals surface area contributed by atoms with E-state index >= 15 is 0 Å². The molecule has 2 N–H and O–H groups in total. The summed E-state index contributed by atoms with van der Waals surface area (Å²) in [6.45, 7) is 2.06. The lowest BCUT2D eigenvalue weighted by Crippen LogP contribution is -2.55. The maximum absolute atomic E-state index is 12.1. The number of pyridine rings is 1. The molecule has 3 fully saturated rings. The lowest BCUT2D eigenvalue weighted by Gasteiger charge is -2.39. The Morgan fingerprint density at radius 1 is 1.28 bits per heavy atom. The van der Waals surface area contributed by atoms with Gasteiger partial charge in [-0.15, -0.1) is 0 Å². The minimum Gasteiger partial charge on any atom is -0.378 e. The molecule has 6 rings (SSSR count). The van der Waals surface area contributed by atoms with Crippen LogP contribution in [0.15, 0.2) is 30.6 Å². The number of fused-ring (bicyclic) bond motifs is 3. The summed E-state index contributed by atoms with van der Waals surface area (Å²) in [7, 11) is 1.95. The third-order valence-corrected chi connectivity index (χ3v) is 6.63. The van der Waals surface area contributed by atoms with Crippen LogP contribution in [0.3, 0.4) is 0 Å². The van der Waals surface area contributed by atoms with Gasteiger partial charge < -0.3 is 20.1 Å². The third kappa shape index (κ3) is 3.92. The van der Waals surface area contributed by atoms with E-state index in [0.717, 1.165) is 61.2 Å². The number of morpholine rings is 1. The number of piperidine rings is 1. The van der Waals surface area contributed by atoms with E-state index in [4.69, 9.17) is 9.47 Å². The molecule has 9 nitrogen and oxygen atoms in total. The zero-order valence-corrected chi connectivity index (χ0v) is 18.2. The molecule has 0 spiro atoms. The summed E-state index contributed by atoms with van der Waals surface area (Å²) in [5.74, 6) is 0.806. The van der Waals surface area contributed by atoms with Crippen molar-refractivity contribution in [2.45, 2.75) is 50.5 Å². The number of anilines is 1. The molecule has 2 bridgehead atoms. The normalized spacial score (nSPS) is 25.2. The molecule has 3 aromatic heterocycles. The van der Waals surface area contributed by atoms with Crippen molar-refractivity contribution in [2.24, 2.45) is 13.0 Å². The van der Waals surface area contributed by atoms with Crippen LogP contribution in [0.1, 0.15) is 31.2 Å². The predicted molar refractivity (Wildman–Crippen MR) is 118 cm³/mol. The first kappa shape index (κ1) is 19.9. The van der Waals surface area contributed by atoms with Crippen molar-refractivity contribution < 1.29 is 14.3 Å². The van der Waals surface area contributed by atoms with E-state index in [1.807, 2.05) is 36.3 Å². The van der Waals surface area contributed by atoms with Gasteiger partial charge in [0.05, 0.1) is 43.3 Å². The third-order valence-electron chi connectivity index (χ3n) is 6.63. The molecule has 1 unspecified atom stereocenters. The molecule has 2 saturated heterocycles. The van der Waals surface area contributed by atoms with Gasteiger partial charge in [-0.25, -0.2) is 4.52 Å². The summed E-state index contributed by atoms with van der Waals surface area (Å²) >= 11 is 0. The number of hydrogen-bond donors (Lipinski definition) is 2. The fraction of sp³-hybridized carbons (Fsp3) is 0.522. The van der Waals surface area contributed by atoms with Crippen molar-refractivity contribution >= 4 is 17.2 Å². The monoisotopic (exact) mass is 436 g/mol. The van der Waals surface area contributed by atoms with Gasteiger partial charge in [-0.2, -0.15) is 10.2 Å². The number of hydrogen-bond acceptors (Lipinski definition) is 6. The van der Waals surface area contributed by atoms with E-state index in [0.29, 0.717) is 24.5 Å². The number of carbonyl (C=O) groups is 1. The first-order valence-corrected chi connectivity index (χ1v) is 11.4. The van der Waals surface area contributed by atoms with Crippen LogP contribution in [-0.4, -0.2) is 56.7 Å². The summed E-state index contributed by atoms with van der Waals surface area (Å²) in [6.07, 6.45) is 7.94. The number of ether oxygens (including phenoxy) is 2. The van der Waals surface area contributed by atoms with E-state index in [9.17, 15) is 4.79 Å². The highest BCUT2D eigenvalue weighted by molar-refractivity contribution is 5.93. The number of nitrogens with zero attached hydrogens (tertiary/aromatic N) is 4. The average molecular weight is 437 g/mol. The second-order valence-electron chi connectivity index (χ2n) is 9.22. The van der Waals surface area contributed by atoms with Crippen LogP contribution in [0.5, 0.6) is 0 Å². The summed E-state index contributed by atoms with van der Waals surface area (Å²) in [4.78, 5) is 12.1. The van der Waals surface area contributed by atoms with Crippen LogP contribution in [0.2, 0.25) is 0 Å². The SMILES string of the molecule is Cn1ncc(COC2C[C@H]3COC[C@@H](C2)N3)c1-c1ccn2nc(NC(=O)C3CC3)cc2c1. The van der Waals surface area contributed by atoms with E-state index in [2.05, 4.69) is 26.9 Å². The molecule has 5 heterocycles. The number of amides is 1. The minimum atomic E-state index is 0.0633. The van der Waals surface area contributed by atoms with Crippen molar-refractivity contribution in [2.75, 3.05) is 18.5 Å². The van der Waals surface area contributed by atoms with Gasteiger partial charge in [0, 0.05) is 48.4 Å². The Bertz CT molecular complexity index is 1140. The van der Waals surface area contributed by atoms with Gasteiger partial charge in [-0.1, -0.05) is 0 Å². The molecular weight excluding hydrogens is 408 g/mol. The second-order valence-corrected chi connectivity index (χ2v) is 9.22. The quantitative estimate of drug-likeness (QED) is 0.615. The molecule has 1 amide bonds. The first-order chi connectivity index (χ1) is 15.6. The highest BCUT2D eigenvalue weighted by atomic mass is 16.5. The van der Waals surface area contributed by atoms with Crippen LogP contribution in [-0.2, 0) is 27.9 Å². The summed E-state index contributed by atoms with van der Waals surface area (Å²) in [5, 5.41) is 15.5. The molecule has 1 aliphatic carbocycles. The zero-order chi connectivity index (χ0) is 21.7. The Balaban J connectivity index is 1.19. The lowest BCUT2D eigenvalue weighted by molar-refractivity contribution is -0.117. The van der Waals surface area contributed by atoms with E-state index in [-0.39, 0.29) is 17.9 Å². The highest BCUT2D eigenvalue weighted by Crippen LogP contribution is 2.31. The van der Waals surface area contributed by atoms with Gasteiger partial charge in [0.25, 0.3) is 0 Å². The Morgan fingerprint density at radius 2 is 2.09 bits per heavy atom. The largest absolute Gasteiger partial charge is 0.378 e. The number of aryl methyl sites for hydroxylation is 1. The predicted octanol–water partition coefficient (Wildman–Crippen LogP) is 2.12. The molecule has 3 atom stereocenters. The first-order valence-electron chi connectivity index (χ1n) is 11.4. The standard InChI is InChI=1S/C23H28N6O3/c1-28-22(16(10-24-28)11-32-20-7-17-12-31-13-18(8-20)25-17)15-4-5-29-19(6-15)9-21(27-29)26-23(30)14-2-3-14/h4-6,9-10,14,17-18,20,25H,2-3,7-8,11-13H2,1H3,(H,26,27,30)/t17-,18+,20?. The number of carbonyl (C=O) groups excluding carboxylic acids is 1. The maximum Gasteiger partial charge on any atom is 0.228 e. The molecule has 3 aliphatic rings. The van der Waals surface area contributed by atoms with E-state index < -0.39 is 0 Å². The fourth-order valence-corrected chi connectivity index (χ4v) is 4.87. The second kappa shape index (κ2) is 7.99. The van der Waals surface area contributed by atoms with Gasteiger partial charge in [-0.05, 0) is 37.8 Å². The van der Waals surface area contributed by atoms with Crippen LogP contribution in [0.25, 0.3) is 16.8 Å². The van der Waals surface area contributed by atoms with Gasteiger partial charge in [0.15, 0.2) is 5.82 Å². The zero-order valence-electron chi connectivity index (χ0n) is 18.2. The molecule has 9 heteroatoms. The Hall–Kier alpha value is -2.75. The number of nitrogens with one attached hydrogen (secondary N) is 2. The summed E-state index contributed by atoms with van der Waals surface area (Å²) in [6, 6.07) is 6.79. The van der Waals surface area contributed by atoms with Crippen LogP contribution >= 0.6 is 0 Å². The Kier molecular flexibility index (Phi) is 4.97. The van der Waals surface area contributed by atoms with Gasteiger partial charge in [0.1, 0.15) is 0 Å². The smallest absolute Gasteiger partial charge is 0.228 e. The Morgan fingerprint density at radius 3 is 2.88 bits per heavy atom. The van der Waals surface area contributed by atoms with Gasteiger partial charge in [-0.3, -0.25) is 9.48 Å². The Labute approximate surface area is 186 Å². The van der Waals surface area contributed by atoms with Crippen LogP contribution < -0.4 is 10.6 Å². The molecule has 32 heavy (non-hydrogen) atoms. The molecule has 0 radical (unpaired) electrons. The van der Waals surface area contributed by atoms with Crippen molar-refractivity contribution in [3.63, 3.8) is 0 Å². The van der Waals surface area contributed by atoms with E-state index in [1.165, 1.54) is 0 Å². The van der Waals surface area contributed by atoms with Gasteiger partial charge in [0.2, 0.25) is 5.91 Å².